The highest BCUT2D eigenvalue weighted by atomic mass is 35.5. The Bertz CT molecular complexity index is 450. The predicted molar refractivity (Wildman–Crippen MR) is 63.0 cm³/mol. The van der Waals surface area contributed by atoms with Crippen LogP contribution < -0.4 is 5.32 Å². The van der Waals surface area contributed by atoms with Gasteiger partial charge in [-0.3, -0.25) is 9.78 Å². The molecule has 0 aliphatic carbocycles. The zero-order valence-electron chi connectivity index (χ0n) is 9.53. The lowest BCUT2D eigenvalue weighted by Crippen LogP contribution is -2.51. The normalized spacial score (nSPS) is 13.8. The van der Waals surface area contributed by atoms with E-state index < -0.39 is 17.4 Å². The van der Waals surface area contributed by atoms with E-state index in [-0.39, 0.29) is 17.0 Å². The number of carbonyl (C=O) groups excluding carboxylic acids is 1. The third-order valence-corrected chi connectivity index (χ3v) is 2.91. The third-order valence-electron chi connectivity index (χ3n) is 2.58. The fraction of sp³-hybridized carbons (Fsp3) is 0.364. The second kappa shape index (κ2) is 5.14. The molecule has 0 radical (unpaired) electrons. The maximum Gasteiger partial charge on any atom is 0.329 e. The number of hydrogen-bond donors (Lipinski definition) is 2. The van der Waals surface area contributed by atoms with Crippen LogP contribution in [0.25, 0.3) is 0 Å². The molecule has 2 N–H and O–H groups in total. The molecule has 1 amide bonds. The number of nitrogens with one attached hydrogen (secondary N) is 1. The maximum absolute atomic E-state index is 11.8. The van der Waals surface area contributed by atoms with E-state index in [1.807, 2.05) is 0 Å². The number of carboxylic acids is 1. The SMILES string of the molecule is CCC(C)(NC(=O)c1cnccc1Cl)C(=O)O. The summed E-state index contributed by atoms with van der Waals surface area (Å²) in [6, 6.07) is 1.47. The molecule has 0 saturated heterocycles. The summed E-state index contributed by atoms with van der Waals surface area (Å²) < 4.78 is 0. The molecule has 1 rings (SSSR count). The highest BCUT2D eigenvalue weighted by Gasteiger charge is 2.33. The number of pyridine rings is 1. The molecule has 0 fully saturated rings. The van der Waals surface area contributed by atoms with Crippen molar-refractivity contribution in [3.8, 4) is 0 Å². The van der Waals surface area contributed by atoms with Crippen LogP contribution in [-0.2, 0) is 4.79 Å². The molecule has 1 heterocycles. The van der Waals surface area contributed by atoms with Crippen molar-refractivity contribution in [2.75, 3.05) is 0 Å². The Hall–Kier alpha value is -1.62. The first-order valence-corrected chi connectivity index (χ1v) is 5.44. The molecule has 1 unspecified atom stereocenters. The Morgan fingerprint density at radius 3 is 2.71 bits per heavy atom. The Morgan fingerprint density at radius 2 is 2.24 bits per heavy atom. The Balaban J connectivity index is 2.93. The molecule has 17 heavy (non-hydrogen) atoms. The topological polar surface area (TPSA) is 79.3 Å². The van der Waals surface area contributed by atoms with Crippen molar-refractivity contribution in [3.63, 3.8) is 0 Å². The Kier molecular flexibility index (Phi) is 4.07. The molecule has 0 saturated carbocycles. The lowest BCUT2D eigenvalue weighted by molar-refractivity contribution is -0.143. The molecule has 0 bridgehead atoms. The summed E-state index contributed by atoms with van der Waals surface area (Å²) in [6.07, 6.45) is 3.02. The van der Waals surface area contributed by atoms with Crippen molar-refractivity contribution >= 4 is 23.5 Å². The van der Waals surface area contributed by atoms with Gasteiger partial charge in [-0.1, -0.05) is 18.5 Å². The highest BCUT2D eigenvalue weighted by Crippen LogP contribution is 2.16. The molecule has 0 aromatic carbocycles. The van der Waals surface area contributed by atoms with Gasteiger partial charge in [0.05, 0.1) is 10.6 Å². The number of carbonyl (C=O) groups is 2. The molecule has 6 heteroatoms. The monoisotopic (exact) mass is 256 g/mol. The summed E-state index contributed by atoms with van der Waals surface area (Å²) in [5.74, 6) is -1.64. The standard InChI is InChI=1S/C11H13ClN2O3/c1-3-11(2,10(16)17)14-9(15)7-6-13-5-4-8(7)12/h4-6H,3H2,1-2H3,(H,14,15)(H,16,17). The molecule has 0 aliphatic rings. The van der Waals surface area contributed by atoms with Gasteiger partial charge >= 0.3 is 5.97 Å². The number of aromatic nitrogens is 1. The minimum atomic E-state index is -1.31. The maximum atomic E-state index is 11.8. The average Bonchev–Trinajstić information content (AvgIpc) is 2.29. The van der Waals surface area contributed by atoms with Gasteiger partial charge in [-0.2, -0.15) is 0 Å². The van der Waals surface area contributed by atoms with Gasteiger partial charge in [0.2, 0.25) is 0 Å². The van der Waals surface area contributed by atoms with Crippen LogP contribution in [0.15, 0.2) is 18.5 Å². The molecule has 0 aliphatic heterocycles. The van der Waals surface area contributed by atoms with Crippen LogP contribution in [0.1, 0.15) is 30.6 Å². The highest BCUT2D eigenvalue weighted by molar-refractivity contribution is 6.33. The lowest BCUT2D eigenvalue weighted by atomic mass is 9.99. The number of aliphatic carboxylic acids is 1. The molecule has 1 aromatic rings. The number of rotatable bonds is 4. The summed E-state index contributed by atoms with van der Waals surface area (Å²) in [4.78, 5) is 26.7. The van der Waals surface area contributed by atoms with E-state index in [2.05, 4.69) is 10.3 Å². The molecule has 92 valence electrons. The fourth-order valence-corrected chi connectivity index (χ4v) is 1.35. The van der Waals surface area contributed by atoms with E-state index in [9.17, 15) is 9.59 Å². The van der Waals surface area contributed by atoms with Crippen LogP contribution in [0, 0.1) is 0 Å². The molecular weight excluding hydrogens is 244 g/mol. The minimum absolute atomic E-state index is 0.162. The lowest BCUT2D eigenvalue weighted by Gasteiger charge is -2.24. The van der Waals surface area contributed by atoms with Crippen LogP contribution in [0.5, 0.6) is 0 Å². The van der Waals surface area contributed by atoms with E-state index >= 15 is 0 Å². The largest absolute Gasteiger partial charge is 0.480 e. The first-order valence-electron chi connectivity index (χ1n) is 5.06. The van der Waals surface area contributed by atoms with E-state index in [0.717, 1.165) is 0 Å². The minimum Gasteiger partial charge on any atom is -0.480 e. The van der Waals surface area contributed by atoms with Crippen molar-refractivity contribution < 1.29 is 14.7 Å². The van der Waals surface area contributed by atoms with Crippen LogP contribution in [0.4, 0.5) is 0 Å². The van der Waals surface area contributed by atoms with Crippen molar-refractivity contribution in [1.82, 2.24) is 10.3 Å². The Labute approximate surface area is 104 Å². The van der Waals surface area contributed by atoms with Crippen molar-refractivity contribution in [3.05, 3.63) is 29.0 Å². The van der Waals surface area contributed by atoms with Gasteiger partial charge in [-0.05, 0) is 19.4 Å². The molecule has 0 spiro atoms. The summed E-state index contributed by atoms with van der Waals surface area (Å²) in [5, 5.41) is 11.7. The number of carboxylic acid groups (broad SMARTS) is 1. The van der Waals surface area contributed by atoms with Crippen molar-refractivity contribution in [2.45, 2.75) is 25.8 Å². The second-order valence-corrected chi connectivity index (χ2v) is 4.21. The van der Waals surface area contributed by atoms with Crippen LogP contribution in [0.3, 0.4) is 0 Å². The summed E-state index contributed by atoms with van der Waals surface area (Å²) in [7, 11) is 0. The van der Waals surface area contributed by atoms with Crippen molar-refractivity contribution in [1.29, 1.82) is 0 Å². The number of halogens is 1. The van der Waals surface area contributed by atoms with Crippen LogP contribution in [-0.4, -0.2) is 27.5 Å². The summed E-state index contributed by atoms with van der Waals surface area (Å²) in [6.45, 7) is 3.12. The van der Waals surface area contributed by atoms with E-state index in [0.29, 0.717) is 0 Å². The van der Waals surface area contributed by atoms with E-state index in [1.165, 1.54) is 25.4 Å². The smallest absolute Gasteiger partial charge is 0.329 e. The van der Waals surface area contributed by atoms with Gasteiger partial charge < -0.3 is 10.4 Å². The fourth-order valence-electron chi connectivity index (χ4n) is 1.16. The van der Waals surface area contributed by atoms with Gasteiger partial charge in [0.25, 0.3) is 5.91 Å². The van der Waals surface area contributed by atoms with E-state index in [4.69, 9.17) is 16.7 Å². The zero-order chi connectivity index (χ0) is 13.1. The number of nitrogens with zero attached hydrogens (tertiary/aromatic N) is 1. The second-order valence-electron chi connectivity index (χ2n) is 3.80. The van der Waals surface area contributed by atoms with Gasteiger partial charge in [0.15, 0.2) is 0 Å². The van der Waals surface area contributed by atoms with E-state index in [1.54, 1.807) is 6.92 Å². The molecule has 1 aromatic heterocycles. The average molecular weight is 257 g/mol. The quantitative estimate of drug-likeness (QED) is 0.860. The molecule has 5 nitrogen and oxygen atoms in total. The third kappa shape index (κ3) is 2.94. The summed E-state index contributed by atoms with van der Waals surface area (Å²) in [5.41, 5.74) is -1.15. The summed E-state index contributed by atoms with van der Waals surface area (Å²) >= 11 is 5.82. The van der Waals surface area contributed by atoms with Gasteiger partial charge in [0, 0.05) is 12.4 Å². The van der Waals surface area contributed by atoms with Gasteiger partial charge in [-0.25, -0.2) is 4.79 Å². The zero-order valence-corrected chi connectivity index (χ0v) is 10.3. The number of hydrogen-bond acceptors (Lipinski definition) is 3. The van der Waals surface area contributed by atoms with Gasteiger partial charge in [-0.15, -0.1) is 0 Å². The Morgan fingerprint density at radius 1 is 1.59 bits per heavy atom. The van der Waals surface area contributed by atoms with Crippen molar-refractivity contribution in [2.24, 2.45) is 0 Å². The van der Waals surface area contributed by atoms with Crippen LogP contribution >= 0.6 is 11.6 Å². The first kappa shape index (κ1) is 13.4. The van der Waals surface area contributed by atoms with Gasteiger partial charge in [0.1, 0.15) is 5.54 Å². The number of amides is 1. The first-order chi connectivity index (χ1) is 7.90. The van der Waals surface area contributed by atoms with Crippen LogP contribution in [0.2, 0.25) is 5.02 Å². The molecular formula is C11H13ClN2O3. The predicted octanol–water partition coefficient (Wildman–Crippen LogP) is 1.72. The molecule has 1 atom stereocenters.